The van der Waals surface area contributed by atoms with Crippen LogP contribution >= 0.6 is 0 Å². The Morgan fingerprint density at radius 1 is 1.24 bits per heavy atom. The highest BCUT2D eigenvalue weighted by molar-refractivity contribution is 6.21. The van der Waals surface area contributed by atoms with Crippen LogP contribution in [0.1, 0.15) is 32.6 Å². The fourth-order valence-corrected chi connectivity index (χ4v) is 1.94. The topological polar surface area (TPSA) is 128 Å². The first-order valence-electron chi connectivity index (χ1n) is 5.34. The van der Waals surface area contributed by atoms with Crippen LogP contribution in [-0.4, -0.2) is 29.6 Å². The standard InChI is InChI=1S/C10H17N3O4/c1-7(14)16-10(17-8(15)6-11)5-3-2-4-9(10,12)13/h6,11H,2-5,12-13H2,1H3. The third-order valence-electron chi connectivity index (χ3n) is 2.75. The van der Waals surface area contributed by atoms with Crippen LogP contribution in [-0.2, 0) is 19.1 Å². The molecule has 0 spiro atoms. The average molecular weight is 243 g/mol. The SMILES string of the molecule is CC(=O)OC1(OC(=O)C=N)CCCCC1(N)N. The summed E-state index contributed by atoms with van der Waals surface area (Å²) in [7, 11) is 0. The second-order valence-corrected chi connectivity index (χ2v) is 4.16. The van der Waals surface area contributed by atoms with Crippen LogP contribution in [0.15, 0.2) is 0 Å². The van der Waals surface area contributed by atoms with E-state index in [1.165, 1.54) is 6.92 Å². The molecule has 1 rings (SSSR count). The van der Waals surface area contributed by atoms with Gasteiger partial charge in [0.05, 0.1) is 0 Å². The van der Waals surface area contributed by atoms with Crippen molar-refractivity contribution >= 4 is 18.2 Å². The zero-order valence-electron chi connectivity index (χ0n) is 9.69. The van der Waals surface area contributed by atoms with Crippen molar-refractivity contribution in [2.24, 2.45) is 11.5 Å². The molecule has 5 N–H and O–H groups in total. The summed E-state index contributed by atoms with van der Waals surface area (Å²) < 4.78 is 10.0. The minimum absolute atomic E-state index is 0.235. The highest BCUT2D eigenvalue weighted by Gasteiger charge is 2.54. The second-order valence-electron chi connectivity index (χ2n) is 4.16. The molecule has 0 heterocycles. The van der Waals surface area contributed by atoms with E-state index in [0.717, 1.165) is 6.42 Å². The number of carbonyl (C=O) groups excluding carboxylic acids is 2. The van der Waals surface area contributed by atoms with Crippen LogP contribution in [0.25, 0.3) is 0 Å². The molecule has 0 amide bonds. The summed E-state index contributed by atoms with van der Waals surface area (Å²) >= 11 is 0. The zero-order chi connectivity index (χ0) is 13.1. The van der Waals surface area contributed by atoms with Gasteiger partial charge in [0, 0.05) is 13.3 Å². The molecule has 0 bridgehead atoms. The lowest BCUT2D eigenvalue weighted by Gasteiger charge is -2.46. The number of nitrogens with one attached hydrogen (secondary N) is 1. The minimum Gasteiger partial charge on any atom is -0.419 e. The van der Waals surface area contributed by atoms with E-state index >= 15 is 0 Å². The van der Waals surface area contributed by atoms with Crippen LogP contribution < -0.4 is 11.5 Å². The Morgan fingerprint density at radius 3 is 2.29 bits per heavy atom. The Labute approximate surface area is 98.9 Å². The molecule has 0 saturated heterocycles. The summed E-state index contributed by atoms with van der Waals surface area (Å²) in [5, 5.41) is 6.80. The average Bonchev–Trinajstić information content (AvgIpc) is 2.21. The quantitative estimate of drug-likeness (QED) is 0.352. The lowest BCUT2D eigenvalue weighted by atomic mass is 9.84. The molecule has 1 aliphatic carbocycles. The number of nitrogens with two attached hydrogens (primary N) is 2. The van der Waals surface area contributed by atoms with Gasteiger partial charge in [-0.3, -0.25) is 4.79 Å². The molecule has 7 heteroatoms. The van der Waals surface area contributed by atoms with Crippen molar-refractivity contribution in [3.05, 3.63) is 0 Å². The van der Waals surface area contributed by atoms with Gasteiger partial charge in [-0.25, -0.2) is 4.79 Å². The Bertz CT molecular complexity index is 342. The summed E-state index contributed by atoms with van der Waals surface area (Å²) in [6, 6.07) is 0. The third-order valence-corrected chi connectivity index (χ3v) is 2.75. The molecule has 96 valence electrons. The Hall–Kier alpha value is -1.47. The van der Waals surface area contributed by atoms with E-state index < -0.39 is 23.4 Å². The van der Waals surface area contributed by atoms with Crippen molar-refractivity contribution < 1.29 is 19.1 Å². The molecular formula is C10H17N3O4. The molecule has 7 nitrogen and oxygen atoms in total. The Morgan fingerprint density at radius 2 is 1.82 bits per heavy atom. The second kappa shape index (κ2) is 4.80. The van der Waals surface area contributed by atoms with Crippen LogP contribution in [0.5, 0.6) is 0 Å². The largest absolute Gasteiger partial charge is 0.419 e. The summed E-state index contributed by atoms with van der Waals surface area (Å²) in [4.78, 5) is 22.3. The van der Waals surface area contributed by atoms with Crippen LogP contribution in [0.2, 0.25) is 0 Å². The first kappa shape index (κ1) is 13.6. The maximum atomic E-state index is 11.2. The van der Waals surface area contributed by atoms with Gasteiger partial charge in [0.25, 0.3) is 5.79 Å². The predicted molar refractivity (Wildman–Crippen MR) is 58.9 cm³/mol. The van der Waals surface area contributed by atoms with Crippen LogP contribution in [0.4, 0.5) is 0 Å². The molecule has 0 aliphatic heterocycles. The number of esters is 2. The lowest BCUT2D eigenvalue weighted by Crippen LogP contribution is -2.71. The molecule has 0 aromatic heterocycles. The fourth-order valence-electron chi connectivity index (χ4n) is 1.94. The lowest BCUT2D eigenvalue weighted by molar-refractivity contribution is -0.258. The zero-order valence-corrected chi connectivity index (χ0v) is 9.69. The van der Waals surface area contributed by atoms with Gasteiger partial charge < -0.3 is 26.4 Å². The number of ether oxygens (including phenoxy) is 2. The molecular weight excluding hydrogens is 226 g/mol. The summed E-state index contributed by atoms with van der Waals surface area (Å²) in [5.74, 6) is -3.25. The smallest absolute Gasteiger partial charge is 0.352 e. The van der Waals surface area contributed by atoms with Gasteiger partial charge in [-0.05, 0) is 19.3 Å². The summed E-state index contributed by atoms with van der Waals surface area (Å²) in [6.07, 6.45) is 2.52. The van der Waals surface area contributed by atoms with Crippen LogP contribution in [0, 0.1) is 5.41 Å². The van der Waals surface area contributed by atoms with E-state index in [4.69, 9.17) is 26.4 Å². The highest BCUT2D eigenvalue weighted by Crippen LogP contribution is 2.36. The molecule has 17 heavy (non-hydrogen) atoms. The van der Waals surface area contributed by atoms with Crippen molar-refractivity contribution in [2.45, 2.75) is 44.1 Å². The number of rotatable bonds is 3. The summed E-state index contributed by atoms with van der Waals surface area (Å²) in [5.41, 5.74) is 10.3. The first-order valence-corrected chi connectivity index (χ1v) is 5.34. The van der Waals surface area contributed by atoms with E-state index in [-0.39, 0.29) is 6.42 Å². The van der Waals surface area contributed by atoms with Gasteiger partial charge >= 0.3 is 11.9 Å². The third kappa shape index (κ3) is 2.80. The van der Waals surface area contributed by atoms with Crippen molar-refractivity contribution in [2.75, 3.05) is 0 Å². The molecule has 0 radical (unpaired) electrons. The van der Waals surface area contributed by atoms with Crippen molar-refractivity contribution in [1.29, 1.82) is 5.41 Å². The van der Waals surface area contributed by atoms with Gasteiger partial charge in [0.15, 0.2) is 0 Å². The molecule has 1 saturated carbocycles. The van der Waals surface area contributed by atoms with Gasteiger partial charge in [-0.1, -0.05) is 0 Å². The van der Waals surface area contributed by atoms with Crippen molar-refractivity contribution in [1.82, 2.24) is 0 Å². The predicted octanol–water partition coefficient (Wildman–Crippen LogP) is -0.374. The molecule has 1 fully saturated rings. The fraction of sp³-hybridized carbons (Fsp3) is 0.700. The van der Waals surface area contributed by atoms with E-state index in [9.17, 15) is 9.59 Å². The number of hydrogen-bond donors (Lipinski definition) is 3. The minimum atomic E-state index is -1.67. The summed E-state index contributed by atoms with van der Waals surface area (Å²) in [6.45, 7) is 1.19. The van der Waals surface area contributed by atoms with E-state index in [1.54, 1.807) is 0 Å². The molecule has 1 unspecified atom stereocenters. The number of carbonyl (C=O) groups is 2. The first-order chi connectivity index (χ1) is 7.83. The van der Waals surface area contributed by atoms with E-state index in [2.05, 4.69) is 0 Å². The molecule has 0 aromatic carbocycles. The maximum Gasteiger partial charge on any atom is 0.352 e. The molecule has 1 aliphatic rings. The normalized spacial score (nSPS) is 27.0. The van der Waals surface area contributed by atoms with Gasteiger partial charge in [-0.2, -0.15) is 0 Å². The Kier molecular flexibility index (Phi) is 3.84. The van der Waals surface area contributed by atoms with Gasteiger partial charge in [0.2, 0.25) is 0 Å². The monoisotopic (exact) mass is 243 g/mol. The molecule has 0 aromatic rings. The Balaban J connectivity index is 3.02. The molecule has 1 atom stereocenters. The maximum absolute atomic E-state index is 11.2. The van der Waals surface area contributed by atoms with Crippen LogP contribution in [0.3, 0.4) is 0 Å². The van der Waals surface area contributed by atoms with Crippen molar-refractivity contribution in [3.8, 4) is 0 Å². The van der Waals surface area contributed by atoms with E-state index in [0.29, 0.717) is 19.1 Å². The number of hydrogen-bond acceptors (Lipinski definition) is 7. The highest BCUT2D eigenvalue weighted by atomic mass is 16.7. The van der Waals surface area contributed by atoms with Gasteiger partial charge in [0.1, 0.15) is 11.9 Å². The van der Waals surface area contributed by atoms with Crippen molar-refractivity contribution in [3.63, 3.8) is 0 Å². The van der Waals surface area contributed by atoms with E-state index in [1.807, 2.05) is 0 Å². The van der Waals surface area contributed by atoms with Gasteiger partial charge in [-0.15, -0.1) is 0 Å².